The molecule has 0 bridgehead atoms. The maximum Gasteiger partial charge on any atom is 0.0881 e. The molecule has 0 heterocycles. The van der Waals surface area contributed by atoms with Crippen molar-refractivity contribution < 1.29 is 5.11 Å². The molecular formula is C17H19ClO. The summed E-state index contributed by atoms with van der Waals surface area (Å²) in [4.78, 5) is 0. The van der Waals surface area contributed by atoms with Crippen molar-refractivity contribution in [2.75, 3.05) is 0 Å². The highest BCUT2D eigenvalue weighted by Crippen LogP contribution is 2.37. The Kier molecular flexibility index (Phi) is 3.98. The van der Waals surface area contributed by atoms with Crippen LogP contribution in [0, 0.1) is 6.92 Å². The first-order valence-electron chi connectivity index (χ1n) is 6.42. The van der Waals surface area contributed by atoms with Gasteiger partial charge in [0, 0.05) is 10.4 Å². The van der Waals surface area contributed by atoms with Gasteiger partial charge in [0.05, 0.1) is 6.10 Å². The van der Waals surface area contributed by atoms with Crippen LogP contribution in [-0.4, -0.2) is 5.11 Å². The Morgan fingerprint density at radius 1 is 1.05 bits per heavy atom. The maximum absolute atomic E-state index is 10.7. The van der Waals surface area contributed by atoms with Crippen LogP contribution in [0.4, 0.5) is 0 Å². The molecule has 0 spiro atoms. The van der Waals surface area contributed by atoms with Crippen molar-refractivity contribution in [2.45, 2.75) is 32.3 Å². The van der Waals surface area contributed by atoms with Crippen LogP contribution in [0.25, 0.3) is 0 Å². The Labute approximate surface area is 119 Å². The topological polar surface area (TPSA) is 20.2 Å². The first kappa shape index (κ1) is 14.1. The monoisotopic (exact) mass is 274 g/mol. The van der Waals surface area contributed by atoms with Gasteiger partial charge in [-0.2, -0.15) is 0 Å². The minimum Gasteiger partial charge on any atom is -0.388 e. The molecule has 1 nitrogen and oxygen atoms in total. The summed E-state index contributed by atoms with van der Waals surface area (Å²) in [7, 11) is 0. The molecule has 1 atom stereocenters. The van der Waals surface area contributed by atoms with E-state index in [9.17, 15) is 5.11 Å². The Morgan fingerprint density at radius 3 is 2.37 bits per heavy atom. The van der Waals surface area contributed by atoms with Gasteiger partial charge in [-0.25, -0.2) is 0 Å². The van der Waals surface area contributed by atoms with E-state index < -0.39 is 11.5 Å². The number of hydrogen-bond donors (Lipinski definition) is 1. The Morgan fingerprint density at radius 2 is 1.74 bits per heavy atom. The Bertz CT molecular complexity index is 575. The minimum atomic E-state index is -0.564. The van der Waals surface area contributed by atoms with E-state index in [4.69, 9.17) is 11.6 Å². The summed E-state index contributed by atoms with van der Waals surface area (Å²) in [6.07, 6.45) is -0.564. The van der Waals surface area contributed by atoms with E-state index in [-0.39, 0.29) is 0 Å². The van der Waals surface area contributed by atoms with E-state index in [1.54, 1.807) is 0 Å². The number of halogens is 1. The van der Waals surface area contributed by atoms with Gasteiger partial charge in [-0.1, -0.05) is 67.4 Å². The molecule has 2 rings (SSSR count). The van der Waals surface area contributed by atoms with Crippen LogP contribution in [0.3, 0.4) is 0 Å². The summed E-state index contributed by atoms with van der Waals surface area (Å²) in [5.41, 5.74) is 2.73. The van der Waals surface area contributed by atoms with Crippen LogP contribution in [0.2, 0.25) is 5.02 Å². The molecule has 0 aliphatic carbocycles. The van der Waals surface area contributed by atoms with Crippen LogP contribution < -0.4 is 0 Å². The molecule has 0 fully saturated rings. The normalized spacial score (nSPS) is 13.3. The number of hydrogen-bond acceptors (Lipinski definition) is 1. The fourth-order valence-corrected chi connectivity index (χ4v) is 2.49. The molecule has 1 N–H and O–H groups in total. The van der Waals surface area contributed by atoms with Gasteiger partial charge in [-0.15, -0.1) is 0 Å². The summed E-state index contributed by atoms with van der Waals surface area (Å²) in [6.45, 7) is 6.10. The van der Waals surface area contributed by atoms with Crippen molar-refractivity contribution >= 4 is 11.6 Å². The van der Waals surface area contributed by atoms with Crippen molar-refractivity contribution in [2.24, 2.45) is 0 Å². The van der Waals surface area contributed by atoms with E-state index in [1.807, 2.05) is 69.3 Å². The number of aliphatic hydroxyl groups excluding tert-OH is 1. The second-order valence-electron chi connectivity index (χ2n) is 5.55. The second-order valence-corrected chi connectivity index (χ2v) is 5.99. The van der Waals surface area contributed by atoms with Crippen LogP contribution >= 0.6 is 11.6 Å². The smallest absolute Gasteiger partial charge is 0.0881 e. The summed E-state index contributed by atoms with van der Waals surface area (Å²) in [6, 6.07) is 15.7. The SMILES string of the molecule is Cc1cccc(C(O)C(C)(C)c2cccc(Cl)c2)c1. The third kappa shape index (κ3) is 2.99. The number of aliphatic hydroxyl groups is 1. The molecule has 100 valence electrons. The molecule has 0 radical (unpaired) electrons. The zero-order valence-corrected chi connectivity index (χ0v) is 12.3. The van der Waals surface area contributed by atoms with Crippen LogP contribution in [0.1, 0.15) is 36.6 Å². The lowest BCUT2D eigenvalue weighted by Gasteiger charge is -2.31. The van der Waals surface area contributed by atoms with E-state index in [2.05, 4.69) is 0 Å². The van der Waals surface area contributed by atoms with Gasteiger partial charge in [-0.3, -0.25) is 0 Å². The molecule has 19 heavy (non-hydrogen) atoms. The standard InChI is InChI=1S/C17H19ClO/c1-12-6-4-7-13(10-12)16(19)17(2,3)14-8-5-9-15(18)11-14/h4-11,16,19H,1-3H3. The minimum absolute atomic E-state index is 0.390. The van der Waals surface area contributed by atoms with Crippen molar-refractivity contribution in [1.82, 2.24) is 0 Å². The lowest BCUT2D eigenvalue weighted by Crippen LogP contribution is -2.26. The first-order valence-corrected chi connectivity index (χ1v) is 6.80. The first-order chi connectivity index (χ1) is 8.91. The average molecular weight is 275 g/mol. The van der Waals surface area contributed by atoms with Gasteiger partial charge in [0.2, 0.25) is 0 Å². The quantitative estimate of drug-likeness (QED) is 0.863. The molecule has 2 aromatic rings. The molecule has 0 amide bonds. The predicted molar refractivity (Wildman–Crippen MR) is 80.6 cm³/mol. The number of rotatable bonds is 3. The molecule has 0 aliphatic rings. The largest absolute Gasteiger partial charge is 0.388 e. The van der Waals surface area contributed by atoms with Crippen molar-refractivity contribution in [3.05, 3.63) is 70.2 Å². The number of aryl methyl sites for hydroxylation is 1. The van der Waals surface area contributed by atoms with Crippen LogP contribution in [0.5, 0.6) is 0 Å². The molecule has 0 aromatic heterocycles. The van der Waals surface area contributed by atoms with E-state index in [1.165, 1.54) is 0 Å². The summed E-state index contributed by atoms with van der Waals surface area (Å²) < 4.78 is 0. The molecular weight excluding hydrogens is 256 g/mol. The lowest BCUT2D eigenvalue weighted by atomic mass is 9.76. The highest BCUT2D eigenvalue weighted by Gasteiger charge is 2.31. The molecule has 0 saturated heterocycles. The van der Waals surface area contributed by atoms with Gasteiger partial charge < -0.3 is 5.11 Å². The van der Waals surface area contributed by atoms with Crippen molar-refractivity contribution in [3.8, 4) is 0 Å². The zero-order valence-electron chi connectivity index (χ0n) is 11.5. The second kappa shape index (κ2) is 5.36. The van der Waals surface area contributed by atoms with Gasteiger partial charge in [0.1, 0.15) is 0 Å². The lowest BCUT2D eigenvalue weighted by molar-refractivity contribution is 0.100. The van der Waals surface area contributed by atoms with Gasteiger partial charge in [-0.05, 0) is 30.2 Å². The van der Waals surface area contributed by atoms with Crippen LogP contribution in [0.15, 0.2) is 48.5 Å². The molecule has 0 aliphatic heterocycles. The third-order valence-corrected chi connectivity index (χ3v) is 3.85. The third-order valence-electron chi connectivity index (χ3n) is 3.61. The van der Waals surface area contributed by atoms with Crippen molar-refractivity contribution in [3.63, 3.8) is 0 Å². The highest BCUT2D eigenvalue weighted by atomic mass is 35.5. The average Bonchev–Trinajstić information content (AvgIpc) is 2.38. The zero-order chi connectivity index (χ0) is 14.0. The van der Waals surface area contributed by atoms with Crippen LogP contribution in [-0.2, 0) is 5.41 Å². The highest BCUT2D eigenvalue weighted by molar-refractivity contribution is 6.30. The van der Waals surface area contributed by atoms with Crippen molar-refractivity contribution in [1.29, 1.82) is 0 Å². The molecule has 2 heteroatoms. The van der Waals surface area contributed by atoms with E-state index in [0.29, 0.717) is 5.02 Å². The van der Waals surface area contributed by atoms with Gasteiger partial charge in [0.25, 0.3) is 0 Å². The predicted octanol–water partition coefficient (Wildman–Crippen LogP) is 4.66. The molecule has 1 unspecified atom stereocenters. The Hall–Kier alpha value is -1.31. The van der Waals surface area contributed by atoms with Gasteiger partial charge >= 0.3 is 0 Å². The fraction of sp³-hybridized carbons (Fsp3) is 0.294. The summed E-state index contributed by atoms with van der Waals surface area (Å²) in [5.74, 6) is 0. The summed E-state index contributed by atoms with van der Waals surface area (Å²) in [5, 5.41) is 11.4. The fourth-order valence-electron chi connectivity index (χ4n) is 2.30. The Balaban J connectivity index is 2.38. The maximum atomic E-state index is 10.7. The van der Waals surface area contributed by atoms with E-state index in [0.717, 1.165) is 16.7 Å². The van der Waals surface area contributed by atoms with E-state index >= 15 is 0 Å². The molecule has 2 aromatic carbocycles. The number of benzene rings is 2. The molecule has 0 saturated carbocycles. The van der Waals surface area contributed by atoms with Gasteiger partial charge in [0.15, 0.2) is 0 Å². The summed E-state index contributed by atoms with van der Waals surface area (Å²) >= 11 is 6.05.